The van der Waals surface area contributed by atoms with Gasteiger partial charge in [-0.05, 0) is 42.5 Å². The molecule has 0 amide bonds. The first kappa shape index (κ1) is 18.6. The zero-order chi connectivity index (χ0) is 21.9. The van der Waals surface area contributed by atoms with E-state index in [0.29, 0.717) is 0 Å². The van der Waals surface area contributed by atoms with Crippen molar-refractivity contribution < 1.29 is 0 Å². The molecule has 0 N–H and O–H groups in total. The van der Waals surface area contributed by atoms with Gasteiger partial charge in [-0.3, -0.25) is 4.57 Å². The van der Waals surface area contributed by atoms with Crippen molar-refractivity contribution in [3.63, 3.8) is 0 Å². The summed E-state index contributed by atoms with van der Waals surface area (Å²) in [5.74, 6) is 0. The molecule has 0 saturated carbocycles. The topological polar surface area (TPSA) is 9.86 Å². The van der Waals surface area contributed by atoms with Crippen LogP contribution in [0.3, 0.4) is 0 Å². The lowest BCUT2D eigenvalue weighted by atomic mass is 10.1. The molecule has 0 radical (unpaired) electrons. The largest absolute Gasteiger partial charge is 0.309 e. The highest BCUT2D eigenvalue weighted by Gasteiger charge is 2.23. The molecule has 3 heteroatoms. The van der Waals surface area contributed by atoms with Crippen molar-refractivity contribution in [2.24, 2.45) is 0 Å². The van der Waals surface area contributed by atoms with Crippen LogP contribution in [0, 0.1) is 6.08 Å². The zero-order valence-corrected chi connectivity index (χ0v) is 19.3. The van der Waals surface area contributed by atoms with Crippen LogP contribution in [-0.4, -0.2) is 9.13 Å². The van der Waals surface area contributed by atoms with Gasteiger partial charge >= 0.3 is 0 Å². The molecule has 1 aliphatic rings. The van der Waals surface area contributed by atoms with Crippen LogP contribution in [0.1, 0.15) is 11.3 Å². The summed E-state index contributed by atoms with van der Waals surface area (Å²) in [5.41, 5.74) is 8.26. The summed E-state index contributed by atoms with van der Waals surface area (Å²) in [7, 11) is 0. The van der Waals surface area contributed by atoms with Crippen LogP contribution in [0.5, 0.6) is 0 Å². The van der Waals surface area contributed by atoms with Gasteiger partial charge in [-0.25, -0.2) is 0 Å². The molecule has 154 valence electrons. The Morgan fingerprint density at radius 1 is 0.606 bits per heavy atom. The third kappa shape index (κ3) is 2.70. The van der Waals surface area contributed by atoms with Crippen molar-refractivity contribution in [3.8, 4) is 11.4 Å². The lowest BCUT2D eigenvalue weighted by Gasteiger charge is -2.13. The second kappa shape index (κ2) is 7.05. The molecular formula is C30H18BrN2+. The average molecular weight is 486 g/mol. The molecule has 6 aromatic rings. The maximum atomic E-state index is 3.81. The number of halogens is 1. The Hall–Kier alpha value is -3.91. The van der Waals surface area contributed by atoms with E-state index in [4.69, 9.17) is 0 Å². The van der Waals surface area contributed by atoms with E-state index in [2.05, 4.69) is 134 Å². The third-order valence-electron chi connectivity index (χ3n) is 6.48. The first-order valence-corrected chi connectivity index (χ1v) is 11.8. The Kier molecular flexibility index (Phi) is 3.98. The highest BCUT2D eigenvalue weighted by Crippen LogP contribution is 2.37. The minimum absolute atomic E-state index is 1.05. The van der Waals surface area contributed by atoms with Crippen LogP contribution in [0.4, 0.5) is 0 Å². The van der Waals surface area contributed by atoms with Crippen LogP contribution >= 0.6 is 15.9 Å². The smallest absolute Gasteiger partial charge is 0.168 e. The van der Waals surface area contributed by atoms with Crippen molar-refractivity contribution in [3.05, 3.63) is 119 Å². The van der Waals surface area contributed by atoms with E-state index in [-0.39, 0.29) is 0 Å². The van der Waals surface area contributed by atoms with Gasteiger partial charge < -0.3 is 4.57 Å². The monoisotopic (exact) mass is 485 g/mol. The first-order chi connectivity index (χ1) is 16.3. The molecule has 0 aliphatic heterocycles. The first-order valence-electron chi connectivity index (χ1n) is 11.0. The van der Waals surface area contributed by atoms with Gasteiger partial charge in [-0.15, -0.1) is 0 Å². The minimum Gasteiger partial charge on any atom is -0.309 e. The Balaban J connectivity index is 1.56. The van der Waals surface area contributed by atoms with Gasteiger partial charge in [0.25, 0.3) is 0 Å². The minimum atomic E-state index is 1.05. The van der Waals surface area contributed by atoms with Gasteiger partial charge in [0.1, 0.15) is 17.7 Å². The number of allylic oxidation sites excluding steroid dienone is 2. The molecular weight excluding hydrogens is 468 g/mol. The number of nitrogens with zero attached hydrogens (tertiary/aromatic N) is 2. The molecule has 2 heterocycles. The van der Waals surface area contributed by atoms with Gasteiger partial charge in [0.05, 0.1) is 33.7 Å². The van der Waals surface area contributed by atoms with Crippen LogP contribution in [-0.2, 0) is 0 Å². The van der Waals surface area contributed by atoms with E-state index < -0.39 is 0 Å². The summed E-state index contributed by atoms with van der Waals surface area (Å²) in [4.78, 5) is 0. The van der Waals surface area contributed by atoms with Gasteiger partial charge in [0, 0.05) is 27.0 Å². The van der Waals surface area contributed by atoms with Gasteiger partial charge in [-0.2, -0.15) is 0 Å². The number of rotatable bonds is 2. The molecule has 0 fully saturated rings. The van der Waals surface area contributed by atoms with Crippen molar-refractivity contribution >= 4 is 60.8 Å². The van der Waals surface area contributed by atoms with Gasteiger partial charge in [0.15, 0.2) is 5.69 Å². The number of para-hydroxylation sites is 3. The predicted octanol–water partition coefficient (Wildman–Crippen LogP) is 8.33. The van der Waals surface area contributed by atoms with Crippen molar-refractivity contribution in [2.45, 2.75) is 0 Å². The standard InChI is InChI=1S/C30H18BrN2/c31-20-17-21(32-27-13-5-1-9-23(27)24-10-2-6-14-28(24)32)19-22(18-20)33-29-15-7-3-11-25(29)26-12-4-8-16-30(26)33/h1-3,5-19H/q+1. The molecule has 0 saturated heterocycles. The zero-order valence-electron chi connectivity index (χ0n) is 17.7. The van der Waals surface area contributed by atoms with E-state index in [1.807, 2.05) is 6.08 Å². The Labute approximate surface area is 199 Å². The summed E-state index contributed by atoms with van der Waals surface area (Å²) in [5, 5.41) is 3.77. The summed E-state index contributed by atoms with van der Waals surface area (Å²) in [6.07, 6.45) is 9.47. The molecule has 0 atom stereocenters. The van der Waals surface area contributed by atoms with Gasteiger partial charge in [0.2, 0.25) is 0 Å². The fourth-order valence-electron chi connectivity index (χ4n) is 5.16. The lowest BCUT2D eigenvalue weighted by molar-refractivity contribution is 1.08. The van der Waals surface area contributed by atoms with E-state index >= 15 is 0 Å². The van der Waals surface area contributed by atoms with Crippen molar-refractivity contribution in [2.75, 3.05) is 0 Å². The number of hydrogen-bond acceptors (Lipinski definition) is 0. The lowest BCUT2D eigenvalue weighted by Crippen LogP contribution is -2.01. The van der Waals surface area contributed by atoms with Crippen molar-refractivity contribution in [1.29, 1.82) is 0 Å². The molecule has 33 heavy (non-hydrogen) atoms. The fraction of sp³-hybridized carbons (Fsp3) is 0. The number of benzene rings is 4. The normalized spacial score (nSPS) is 12.5. The van der Waals surface area contributed by atoms with Crippen molar-refractivity contribution in [1.82, 2.24) is 9.13 Å². The number of hydrogen-bond donors (Lipinski definition) is 0. The highest BCUT2D eigenvalue weighted by atomic mass is 79.9. The average Bonchev–Trinajstić information content (AvgIpc) is 3.37. The molecule has 4 aromatic carbocycles. The SMILES string of the molecule is Brc1cc(-n2c3c(c4ccccc42)C=[C+]C=C3)cc(-n2c3ccccc3c3ccccc32)c1. The Morgan fingerprint density at radius 2 is 1.15 bits per heavy atom. The second-order valence-corrected chi connectivity index (χ2v) is 9.25. The van der Waals surface area contributed by atoms with Crippen LogP contribution in [0.2, 0.25) is 0 Å². The van der Waals surface area contributed by atoms with Gasteiger partial charge in [-0.1, -0.05) is 64.5 Å². The second-order valence-electron chi connectivity index (χ2n) is 8.33. The maximum Gasteiger partial charge on any atom is 0.168 e. The molecule has 7 rings (SSSR count). The Bertz CT molecular complexity index is 1730. The predicted molar refractivity (Wildman–Crippen MR) is 142 cm³/mol. The van der Waals surface area contributed by atoms with E-state index in [0.717, 1.165) is 15.8 Å². The van der Waals surface area contributed by atoms with E-state index in [9.17, 15) is 0 Å². The number of aromatic nitrogens is 2. The summed E-state index contributed by atoms with van der Waals surface area (Å²) < 4.78 is 5.76. The number of fused-ring (bicyclic) bond motifs is 6. The highest BCUT2D eigenvalue weighted by molar-refractivity contribution is 9.10. The third-order valence-corrected chi connectivity index (χ3v) is 6.94. The molecule has 0 unspecified atom stereocenters. The van der Waals surface area contributed by atoms with E-state index in [1.165, 1.54) is 44.0 Å². The molecule has 0 bridgehead atoms. The van der Waals surface area contributed by atoms with E-state index in [1.54, 1.807) is 0 Å². The molecule has 1 aliphatic carbocycles. The van der Waals surface area contributed by atoms with Crippen LogP contribution in [0.15, 0.2) is 102 Å². The maximum absolute atomic E-state index is 3.81. The molecule has 0 spiro atoms. The Morgan fingerprint density at radius 3 is 1.82 bits per heavy atom. The quantitative estimate of drug-likeness (QED) is 0.218. The summed E-state index contributed by atoms with van der Waals surface area (Å²) in [6.45, 7) is 0. The fourth-order valence-corrected chi connectivity index (χ4v) is 5.62. The molecule has 2 aromatic heterocycles. The molecule has 2 nitrogen and oxygen atoms in total. The van der Waals surface area contributed by atoms with Crippen LogP contribution < -0.4 is 0 Å². The summed E-state index contributed by atoms with van der Waals surface area (Å²) >= 11 is 3.81. The van der Waals surface area contributed by atoms with Crippen LogP contribution in [0.25, 0.3) is 56.2 Å². The summed E-state index contributed by atoms with van der Waals surface area (Å²) in [6, 6.07) is 32.5.